The van der Waals surface area contributed by atoms with Crippen LogP contribution in [-0.4, -0.2) is 14.5 Å². The van der Waals surface area contributed by atoms with Crippen molar-refractivity contribution in [2.75, 3.05) is 0 Å². The number of imidazole rings is 1. The van der Waals surface area contributed by atoms with E-state index in [2.05, 4.69) is 9.97 Å². The number of benzene rings is 1. The molecule has 90 valence electrons. The summed E-state index contributed by atoms with van der Waals surface area (Å²) in [4.78, 5) is 8.97. The molecule has 18 heavy (non-hydrogen) atoms. The van der Waals surface area contributed by atoms with E-state index in [1.54, 1.807) is 6.20 Å². The zero-order valence-corrected chi connectivity index (χ0v) is 10.1. The van der Waals surface area contributed by atoms with Gasteiger partial charge in [0.05, 0.1) is 17.1 Å². The third-order valence-corrected chi connectivity index (χ3v) is 2.87. The van der Waals surface area contributed by atoms with E-state index in [1.807, 2.05) is 54.0 Å². The summed E-state index contributed by atoms with van der Waals surface area (Å²) in [6, 6.07) is 13.7. The maximum absolute atomic E-state index is 6.00. The van der Waals surface area contributed by atoms with E-state index >= 15 is 0 Å². The summed E-state index contributed by atoms with van der Waals surface area (Å²) in [5.74, 6) is 1.67. The molecular weight excluding hydrogens is 224 g/mol. The Morgan fingerprint density at radius 3 is 2.61 bits per heavy atom. The van der Waals surface area contributed by atoms with Crippen LogP contribution < -0.4 is 5.73 Å². The number of nitrogens with two attached hydrogens (primary N) is 1. The van der Waals surface area contributed by atoms with Crippen LogP contribution in [0.1, 0.15) is 18.8 Å². The number of hydrogen-bond donors (Lipinski definition) is 1. The third kappa shape index (κ3) is 1.67. The van der Waals surface area contributed by atoms with Gasteiger partial charge in [-0.25, -0.2) is 9.97 Å². The molecule has 3 aromatic rings. The number of rotatable bonds is 2. The van der Waals surface area contributed by atoms with Gasteiger partial charge in [-0.2, -0.15) is 0 Å². The van der Waals surface area contributed by atoms with Crippen molar-refractivity contribution >= 4 is 11.0 Å². The summed E-state index contributed by atoms with van der Waals surface area (Å²) in [6.45, 7) is 1.93. The Kier molecular flexibility index (Phi) is 2.57. The number of nitrogens with zero attached hydrogens (tertiary/aromatic N) is 3. The number of hydrogen-bond acceptors (Lipinski definition) is 3. The second-order valence-corrected chi connectivity index (χ2v) is 4.27. The van der Waals surface area contributed by atoms with Gasteiger partial charge in [0, 0.05) is 6.20 Å². The van der Waals surface area contributed by atoms with Crippen LogP contribution in [0.5, 0.6) is 0 Å². The Morgan fingerprint density at radius 2 is 1.89 bits per heavy atom. The summed E-state index contributed by atoms with van der Waals surface area (Å²) < 4.78 is 2.01. The zero-order chi connectivity index (χ0) is 12.5. The van der Waals surface area contributed by atoms with E-state index in [0.29, 0.717) is 0 Å². The van der Waals surface area contributed by atoms with Gasteiger partial charge in [0.1, 0.15) is 11.6 Å². The van der Waals surface area contributed by atoms with E-state index in [1.165, 1.54) is 0 Å². The molecule has 0 aliphatic rings. The minimum atomic E-state index is -0.139. The maximum atomic E-state index is 6.00. The smallest absolute Gasteiger partial charge is 0.138 e. The van der Waals surface area contributed by atoms with Crippen molar-refractivity contribution < 1.29 is 0 Å². The molecule has 1 aromatic carbocycles. The number of aromatic nitrogens is 3. The highest BCUT2D eigenvalue weighted by molar-refractivity contribution is 5.77. The second-order valence-electron chi connectivity index (χ2n) is 4.27. The molecule has 1 unspecified atom stereocenters. The highest BCUT2D eigenvalue weighted by Gasteiger charge is 2.15. The predicted octanol–water partition coefficient (Wildman–Crippen LogP) is 2.44. The highest BCUT2D eigenvalue weighted by Crippen LogP contribution is 2.22. The quantitative estimate of drug-likeness (QED) is 0.746. The van der Waals surface area contributed by atoms with Gasteiger partial charge in [0.2, 0.25) is 0 Å². The van der Waals surface area contributed by atoms with Crippen molar-refractivity contribution in [1.82, 2.24) is 14.5 Å². The monoisotopic (exact) mass is 238 g/mol. The molecule has 3 rings (SSSR count). The average molecular weight is 238 g/mol. The molecule has 0 saturated carbocycles. The third-order valence-electron chi connectivity index (χ3n) is 2.87. The summed E-state index contributed by atoms with van der Waals surface area (Å²) in [6.07, 6.45) is 1.77. The van der Waals surface area contributed by atoms with Crippen molar-refractivity contribution in [3.63, 3.8) is 0 Å². The predicted molar refractivity (Wildman–Crippen MR) is 71.5 cm³/mol. The lowest BCUT2D eigenvalue weighted by atomic mass is 10.3. The first-order valence-electron chi connectivity index (χ1n) is 5.92. The minimum Gasteiger partial charge on any atom is -0.322 e. The fourth-order valence-electron chi connectivity index (χ4n) is 2.08. The number of pyridine rings is 1. The van der Waals surface area contributed by atoms with E-state index in [-0.39, 0.29) is 6.04 Å². The van der Waals surface area contributed by atoms with Crippen LogP contribution in [0, 0.1) is 0 Å². The maximum Gasteiger partial charge on any atom is 0.138 e. The van der Waals surface area contributed by atoms with E-state index in [0.717, 1.165) is 22.7 Å². The Labute approximate surface area is 105 Å². The molecule has 2 N–H and O–H groups in total. The van der Waals surface area contributed by atoms with Gasteiger partial charge in [-0.15, -0.1) is 0 Å². The highest BCUT2D eigenvalue weighted by atomic mass is 15.1. The van der Waals surface area contributed by atoms with Crippen LogP contribution in [0.25, 0.3) is 16.9 Å². The fourth-order valence-corrected chi connectivity index (χ4v) is 2.08. The number of fused-ring (bicyclic) bond motifs is 1. The molecule has 4 heteroatoms. The van der Waals surface area contributed by atoms with Crippen LogP contribution in [0.3, 0.4) is 0 Å². The minimum absolute atomic E-state index is 0.139. The lowest BCUT2D eigenvalue weighted by Crippen LogP contribution is -2.13. The summed E-state index contributed by atoms with van der Waals surface area (Å²) in [5.41, 5.74) is 7.98. The first-order chi connectivity index (χ1) is 8.77. The first kappa shape index (κ1) is 10.9. The SMILES string of the molecule is CC(N)c1nc2ccccc2n1-c1ccccn1. The fraction of sp³-hybridized carbons (Fsp3) is 0.143. The Bertz CT molecular complexity index is 671. The molecule has 2 heterocycles. The van der Waals surface area contributed by atoms with Gasteiger partial charge in [0.15, 0.2) is 0 Å². The van der Waals surface area contributed by atoms with Crippen molar-refractivity contribution in [2.45, 2.75) is 13.0 Å². The summed E-state index contributed by atoms with van der Waals surface area (Å²) >= 11 is 0. The van der Waals surface area contributed by atoms with Crippen LogP contribution >= 0.6 is 0 Å². The lowest BCUT2D eigenvalue weighted by Gasteiger charge is -2.10. The molecule has 0 radical (unpaired) electrons. The Hall–Kier alpha value is -2.20. The van der Waals surface area contributed by atoms with Gasteiger partial charge in [-0.3, -0.25) is 4.57 Å². The largest absolute Gasteiger partial charge is 0.322 e. The average Bonchev–Trinajstić information content (AvgIpc) is 2.79. The molecule has 0 amide bonds. The van der Waals surface area contributed by atoms with Gasteiger partial charge in [-0.1, -0.05) is 18.2 Å². The molecule has 0 aliphatic heterocycles. The standard InChI is InChI=1S/C14H14N4/c1-10(15)14-17-11-6-2-3-7-12(11)18(14)13-8-4-5-9-16-13/h2-10H,15H2,1H3. The summed E-state index contributed by atoms with van der Waals surface area (Å²) in [7, 11) is 0. The molecule has 4 nitrogen and oxygen atoms in total. The van der Waals surface area contributed by atoms with Crippen LogP contribution in [-0.2, 0) is 0 Å². The molecule has 0 saturated heterocycles. The normalized spacial score (nSPS) is 12.8. The molecule has 0 bridgehead atoms. The van der Waals surface area contributed by atoms with Crippen molar-refractivity contribution in [2.24, 2.45) is 5.73 Å². The van der Waals surface area contributed by atoms with Gasteiger partial charge < -0.3 is 5.73 Å². The van der Waals surface area contributed by atoms with Crippen LogP contribution in [0.15, 0.2) is 48.7 Å². The zero-order valence-electron chi connectivity index (χ0n) is 10.1. The lowest BCUT2D eigenvalue weighted by molar-refractivity contribution is 0.721. The summed E-state index contributed by atoms with van der Waals surface area (Å²) in [5, 5.41) is 0. The Balaban J connectivity index is 2.35. The first-order valence-corrected chi connectivity index (χ1v) is 5.92. The van der Waals surface area contributed by atoms with Gasteiger partial charge in [-0.05, 0) is 31.2 Å². The molecule has 1 atom stereocenters. The molecule has 0 aliphatic carbocycles. The van der Waals surface area contributed by atoms with Gasteiger partial charge in [0.25, 0.3) is 0 Å². The molecule has 0 fully saturated rings. The topological polar surface area (TPSA) is 56.7 Å². The van der Waals surface area contributed by atoms with Gasteiger partial charge >= 0.3 is 0 Å². The van der Waals surface area contributed by atoms with Crippen LogP contribution in [0.2, 0.25) is 0 Å². The van der Waals surface area contributed by atoms with E-state index < -0.39 is 0 Å². The van der Waals surface area contributed by atoms with E-state index in [4.69, 9.17) is 5.73 Å². The molecule has 0 spiro atoms. The number of para-hydroxylation sites is 2. The van der Waals surface area contributed by atoms with Crippen molar-refractivity contribution in [1.29, 1.82) is 0 Å². The van der Waals surface area contributed by atoms with Crippen LogP contribution in [0.4, 0.5) is 0 Å². The Morgan fingerprint density at radius 1 is 1.11 bits per heavy atom. The molecule has 2 aromatic heterocycles. The molecular formula is C14H14N4. The second kappa shape index (κ2) is 4.23. The van der Waals surface area contributed by atoms with E-state index in [9.17, 15) is 0 Å². The van der Waals surface area contributed by atoms with Crippen molar-refractivity contribution in [3.05, 3.63) is 54.5 Å². The van der Waals surface area contributed by atoms with Crippen molar-refractivity contribution in [3.8, 4) is 5.82 Å².